The van der Waals surface area contributed by atoms with E-state index in [-0.39, 0.29) is 11.8 Å². The van der Waals surface area contributed by atoms with Gasteiger partial charge in [-0.05, 0) is 87.8 Å². The minimum absolute atomic E-state index is 0.00918. The summed E-state index contributed by atoms with van der Waals surface area (Å²) in [4.78, 5) is 25.0. The third-order valence-corrected chi connectivity index (χ3v) is 7.23. The third-order valence-electron chi connectivity index (χ3n) is 7.23. The molecule has 3 heterocycles. The second-order valence-electron chi connectivity index (χ2n) is 9.96. The van der Waals surface area contributed by atoms with Crippen LogP contribution in [-0.2, 0) is 6.54 Å². The Hall–Kier alpha value is -3.16. The zero-order valence-corrected chi connectivity index (χ0v) is 20.8. The van der Waals surface area contributed by atoms with Crippen molar-refractivity contribution in [2.45, 2.75) is 32.7 Å². The topological polar surface area (TPSA) is 71.9 Å². The molecule has 2 aliphatic rings. The number of amides is 1. The smallest absolute Gasteiger partial charge is 0.257 e. The molecule has 184 valence electrons. The Morgan fingerprint density at radius 2 is 1.80 bits per heavy atom. The molecule has 7 heteroatoms. The van der Waals surface area contributed by atoms with Crippen LogP contribution in [0.5, 0.6) is 5.88 Å². The molecule has 2 saturated heterocycles. The van der Waals surface area contributed by atoms with Crippen LogP contribution in [0.15, 0.2) is 42.5 Å². The normalized spacial score (nSPS) is 17.6. The van der Waals surface area contributed by atoms with Crippen molar-refractivity contribution in [3.63, 3.8) is 0 Å². The molecule has 0 saturated carbocycles. The van der Waals surface area contributed by atoms with E-state index >= 15 is 0 Å². The predicted octanol–water partition coefficient (Wildman–Crippen LogP) is 4.24. The molecular weight excluding hydrogens is 438 g/mol. The summed E-state index contributed by atoms with van der Waals surface area (Å²) >= 11 is 0. The van der Waals surface area contributed by atoms with E-state index in [0.29, 0.717) is 5.52 Å². The lowest BCUT2D eigenvalue weighted by Crippen LogP contribution is -2.29. The summed E-state index contributed by atoms with van der Waals surface area (Å²) in [6.45, 7) is 9.12. The fraction of sp³-hybridized carbons (Fsp3) is 0.429. The second kappa shape index (κ2) is 10.2. The van der Waals surface area contributed by atoms with E-state index in [2.05, 4.69) is 50.2 Å². The lowest BCUT2D eigenvalue weighted by atomic mass is 10.1. The number of benzene rings is 2. The number of likely N-dealkylation sites (N-methyl/N-ethyl adjacent to an activating group) is 1. The number of nitrogens with zero attached hydrogens (tertiary/aromatic N) is 4. The number of aromatic hydroxyl groups is 1. The van der Waals surface area contributed by atoms with Crippen molar-refractivity contribution in [1.82, 2.24) is 14.8 Å². The van der Waals surface area contributed by atoms with Gasteiger partial charge >= 0.3 is 0 Å². The molecule has 2 fully saturated rings. The first-order chi connectivity index (χ1) is 17.0. The van der Waals surface area contributed by atoms with Gasteiger partial charge in [0.05, 0.1) is 11.1 Å². The monoisotopic (exact) mass is 473 g/mol. The summed E-state index contributed by atoms with van der Waals surface area (Å²) in [6.07, 6.45) is 3.49. The first-order valence-electron chi connectivity index (χ1n) is 12.7. The van der Waals surface area contributed by atoms with Gasteiger partial charge in [-0.25, -0.2) is 4.98 Å². The van der Waals surface area contributed by atoms with Crippen molar-refractivity contribution in [2.75, 3.05) is 56.5 Å². The Labute approximate surface area is 207 Å². The minimum atomic E-state index is -0.0897. The fourth-order valence-corrected chi connectivity index (χ4v) is 5.27. The van der Waals surface area contributed by atoms with Crippen LogP contribution >= 0.6 is 0 Å². The maximum Gasteiger partial charge on any atom is 0.257 e. The van der Waals surface area contributed by atoms with E-state index in [4.69, 9.17) is 0 Å². The van der Waals surface area contributed by atoms with Crippen LogP contribution in [0.1, 0.15) is 40.7 Å². The number of rotatable bonds is 5. The molecule has 0 bridgehead atoms. The number of carbonyl (C=O) groups is 1. The number of hydrogen-bond acceptors (Lipinski definition) is 6. The highest BCUT2D eigenvalue weighted by molar-refractivity contribution is 6.09. The van der Waals surface area contributed by atoms with Crippen molar-refractivity contribution in [2.24, 2.45) is 0 Å². The molecule has 0 atom stereocenters. The van der Waals surface area contributed by atoms with Crippen molar-refractivity contribution < 1.29 is 9.90 Å². The van der Waals surface area contributed by atoms with Gasteiger partial charge in [-0.3, -0.25) is 9.69 Å². The van der Waals surface area contributed by atoms with Crippen LogP contribution in [0.3, 0.4) is 0 Å². The molecule has 2 N–H and O–H groups in total. The molecule has 1 amide bonds. The number of nitrogens with one attached hydrogen (secondary N) is 1. The van der Waals surface area contributed by atoms with Crippen LogP contribution in [0.25, 0.3) is 10.9 Å². The molecule has 2 aliphatic heterocycles. The quantitative estimate of drug-likeness (QED) is 0.578. The van der Waals surface area contributed by atoms with Gasteiger partial charge in [0.15, 0.2) is 0 Å². The number of aryl methyl sites for hydroxylation is 1. The first kappa shape index (κ1) is 23.6. The van der Waals surface area contributed by atoms with Gasteiger partial charge in [0.25, 0.3) is 5.91 Å². The maximum atomic E-state index is 13.6. The minimum Gasteiger partial charge on any atom is -0.493 e. The van der Waals surface area contributed by atoms with Crippen molar-refractivity contribution >= 4 is 28.2 Å². The number of aromatic nitrogens is 1. The van der Waals surface area contributed by atoms with Gasteiger partial charge in [0, 0.05) is 55.6 Å². The first-order valence-corrected chi connectivity index (χ1v) is 12.7. The highest BCUT2D eigenvalue weighted by atomic mass is 16.3. The Kier molecular flexibility index (Phi) is 6.88. The average Bonchev–Trinajstić information content (AvgIpc) is 3.30. The Morgan fingerprint density at radius 3 is 2.63 bits per heavy atom. The number of carbonyl (C=O) groups excluding carboxylic acids is 1. The second-order valence-corrected chi connectivity index (χ2v) is 9.96. The van der Waals surface area contributed by atoms with Crippen LogP contribution in [0, 0.1) is 6.92 Å². The van der Waals surface area contributed by atoms with E-state index in [9.17, 15) is 9.90 Å². The van der Waals surface area contributed by atoms with Crippen molar-refractivity contribution in [1.29, 1.82) is 0 Å². The molecule has 2 aromatic carbocycles. The number of hydrogen-bond donors (Lipinski definition) is 2. The summed E-state index contributed by atoms with van der Waals surface area (Å²) in [5.74, 6) is -0.0806. The van der Waals surface area contributed by atoms with E-state index in [1.807, 2.05) is 25.1 Å². The van der Waals surface area contributed by atoms with Gasteiger partial charge in [-0.1, -0.05) is 6.07 Å². The molecule has 35 heavy (non-hydrogen) atoms. The molecule has 0 radical (unpaired) electrons. The highest BCUT2D eigenvalue weighted by Crippen LogP contribution is 2.29. The van der Waals surface area contributed by atoms with Gasteiger partial charge in [-0.15, -0.1) is 0 Å². The third kappa shape index (κ3) is 5.41. The van der Waals surface area contributed by atoms with Crippen LogP contribution in [-0.4, -0.2) is 72.1 Å². The van der Waals surface area contributed by atoms with Gasteiger partial charge in [-0.2, -0.15) is 0 Å². The van der Waals surface area contributed by atoms with E-state index in [1.54, 1.807) is 6.07 Å². The number of anilines is 2. The molecule has 0 aliphatic carbocycles. The van der Waals surface area contributed by atoms with Crippen LogP contribution < -0.4 is 10.2 Å². The molecule has 5 rings (SSSR count). The summed E-state index contributed by atoms with van der Waals surface area (Å²) in [7, 11) is 2.18. The predicted molar refractivity (Wildman–Crippen MR) is 141 cm³/mol. The summed E-state index contributed by atoms with van der Waals surface area (Å²) in [5.41, 5.74) is 5.29. The number of pyridine rings is 1. The zero-order valence-electron chi connectivity index (χ0n) is 20.8. The molecule has 1 aromatic heterocycles. The summed E-state index contributed by atoms with van der Waals surface area (Å²) in [6, 6.07) is 13.7. The van der Waals surface area contributed by atoms with E-state index in [0.717, 1.165) is 86.5 Å². The van der Waals surface area contributed by atoms with Crippen LogP contribution in [0.4, 0.5) is 11.4 Å². The molecule has 0 spiro atoms. The van der Waals surface area contributed by atoms with Crippen molar-refractivity contribution in [3.8, 4) is 5.88 Å². The summed E-state index contributed by atoms with van der Waals surface area (Å²) < 4.78 is 0. The van der Waals surface area contributed by atoms with Gasteiger partial charge in [0.1, 0.15) is 0 Å². The van der Waals surface area contributed by atoms with Crippen molar-refractivity contribution in [3.05, 3.63) is 59.2 Å². The largest absolute Gasteiger partial charge is 0.493 e. The average molecular weight is 474 g/mol. The standard InChI is InChI=1S/C28H35N5O2/c1-20-16-27(34)30-25-8-7-22(18-23(20)25)29-28(35)24-17-21(6-9-26(24)33-12-3-4-13-33)19-32-11-5-10-31(2)14-15-32/h6-9,16-18H,3-5,10-15,19H2,1-2H3,(H,29,35)(H,30,34). The van der Waals surface area contributed by atoms with E-state index in [1.165, 1.54) is 12.0 Å². The lowest BCUT2D eigenvalue weighted by molar-refractivity contribution is 0.102. The molecule has 0 unspecified atom stereocenters. The van der Waals surface area contributed by atoms with Gasteiger partial charge in [0.2, 0.25) is 5.88 Å². The SMILES string of the molecule is Cc1cc(O)nc2ccc(NC(=O)c3cc(CN4CCCN(C)CC4)ccc3N3CCCC3)cc12. The highest BCUT2D eigenvalue weighted by Gasteiger charge is 2.21. The Bertz CT molecular complexity index is 1220. The molecule has 7 nitrogen and oxygen atoms in total. The number of fused-ring (bicyclic) bond motifs is 1. The Morgan fingerprint density at radius 1 is 0.971 bits per heavy atom. The zero-order chi connectivity index (χ0) is 24.4. The summed E-state index contributed by atoms with van der Waals surface area (Å²) in [5, 5.41) is 13.8. The van der Waals surface area contributed by atoms with Gasteiger partial charge < -0.3 is 20.2 Å². The van der Waals surface area contributed by atoms with E-state index < -0.39 is 0 Å². The molecule has 3 aromatic rings. The Balaban J connectivity index is 1.41. The lowest BCUT2D eigenvalue weighted by Gasteiger charge is -2.24. The molecular formula is C28H35N5O2. The fourth-order valence-electron chi connectivity index (χ4n) is 5.27. The van der Waals surface area contributed by atoms with Crippen LogP contribution in [0.2, 0.25) is 0 Å². The maximum absolute atomic E-state index is 13.6.